The van der Waals surface area contributed by atoms with E-state index in [-0.39, 0.29) is 23.6 Å². The predicted molar refractivity (Wildman–Crippen MR) is 118 cm³/mol. The van der Waals surface area contributed by atoms with Gasteiger partial charge in [-0.25, -0.2) is 14.5 Å². The van der Waals surface area contributed by atoms with E-state index in [4.69, 9.17) is 0 Å². The Bertz CT molecular complexity index is 1330. The minimum Gasteiger partial charge on any atom is -0.267 e. The van der Waals surface area contributed by atoms with Crippen LogP contribution in [0, 0.1) is 5.82 Å². The van der Waals surface area contributed by atoms with Crippen molar-refractivity contribution < 1.29 is 9.18 Å². The van der Waals surface area contributed by atoms with Crippen LogP contribution in [-0.2, 0) is 6.54 Å². The minimum atomic E-state index is -0.542. The Morgan fingerprint density at radius 1 is 0.968 bits per heavy atom. The van der Waals surface area contributed by atoms with Crippen molar-refractivity contribution in [2.24, 2.45) is 5.10 Å². The van der Waals surface area contributed by atoms with Gasteiger partial charge in [-0.3, -0.25) is 9.59 Å². The van der Waals surface area contributed by atoms with Crippen LogP contribution in [0.15, 0.2) is 88.8 Å². The molecule has 154 valence electrons. The molecule has 0 saturated carbocycles. The second-order valence-electron chi connectivity index (χ2n) is 6.99. The molecular formula is C24H19FN4O2. The molecule has 0 atom stereocenters. The number of amides is 1. The van der Waals surface area contributed by atoms with E-state index in [0.29, 0.717) is 22.0 Å². The molecule has 0 fully saturated rings. The van der Waals surface area contributed by atoms with Crippen LogP contribution in [0.5, 0.6) is 0 Å². The molecule has 4 rings (SSSR count). The third-order valence-electron chi connectivity index (χ3n) is 4.85. The van der Waals surface area contributed by atoms with Gasteiger partial charge in [-0.05, 0) is 36.2 Å². The lowest BCUT2D eigenvalue weighted by atomic mass is 10.1. The molecule has 0 aliphatic heterocycles. The lowest BCUT2D eigenvalue weighted by molar-refractivity contribution is 0.0949. The smallest absolute Gasteiger partial charge is 0.267 e. The summed E-state index contributed by atoms with van der Waals surface area (Å²) in [6.45, 7) is 1.94. The normalized spacial score (nSPS) is 11.5. The summed E-state index contributed by atoms with van der Waals surface area (Å²) >= 11 is 0. The van der Waals surface area contributed by atoms with Crippen molar-refractivity contribution >= 4 is 22.4 Å². The number of fused-ring (bicyclic) bond motifs is 1. The van der Waals surface area contributed by atoms with Gasteiger partial charge in [0.15, 0.2) is 5.69 Å². The highest BCUT2D eigenvalue weighted by Crippen LogP contribution is 2.14. The Kier molecular flexibility index (Phi) is 5.66. The highest BCUT2D eigenvalue weighted by molar-refractivity contribution is 6.06. The summed E-state index contributed by atoms with van der Waals surface area (Å²) in [5, 5.41) is 9.29. The van der Waals surface area contributed by atoms with Gasteiger partial charge in [-0.15, -0.1) is 0 Å². The van der Waals surface area contributed by atoms with Gasteiger partial charge in [0.1, 0.15) is 5.82 Å². The van der Waals surface area contributed by atoms with Crippen LogP contribution in [0.4, 0.5) is 4.39 Å². The van der Waals surface area contributed by atoms with Gasteiger partial charge in [0.2, 0.25) is 0 Å². The van der Waals surface area contributed by atoms with E-state index in [1.165, 1.54) is 16.8 Å². The fourth-order valence-corrected chi connectivity index (χ4v) is 3.21. The van der Waals surface area contributed by atoms with Crippen molar-refractivity contribution in [3.8, 4) is 0 Å². The summed E-state index contributed by atoms with van der Waals surface area (Å²) in [6.07, 6.45) is 0. The number of rotatable bonds is 5. The molecule has 1 aromatic heterocycles. The molecule has 0 aliphatic carbocycles. The predicted octanol–water partition coefficient (Wildman–Crippen LogP) is 3.74. The van der Waals surface area contributed by atoms with Gasteiger partial charge in [-0.1, -0.05) is 60.7 Å². The monoisotopic (exact) mass is 414 g/mol. The van der Waals surface area contributed by atoms with Gasteiger partial charge in [0, 0.05) is 5.39 Å². The lowest BCUT2D eigenvalue weighted by Crippen LogP contribution is -2.29. The summed E-state index contributed by atoms with van der Waals surface area (Å²) in [4.78, 5) is 25.8. The molecule has 3 aromatic carbocycles. The molecule has 0 bridgehead atoms. The van der Waals surface area contributed by atoms with E-state index >= 15 is 0 Å². The standard InChI is InChI=1S/C24H19FN4O2/c1-16(18-11-13-19(25)14-12-18)26-27-23(30)22-20-9-5-6-10-21(20)24(31)29(28-22)15-17-7-3-2-4-8-17/h2-14H,15H2,1H3,(H,27,30)/b26-16+. The maximum atomic E-state index is 13.1. The zero-order valence-electron chi connectivity index (χ0n) is 16.7. The number of carbonyl (C=O) groups is 1. The molecule has 1 amide bonds. The quantitative estimate of drug-likeness (QED) is 0.399. The number of aromatic nitrogens is 2. The molecule has 0 spiro atoms. The summed E-state index contributed by atoms with van der Waals surface area (Å²) in [6, 6.07) is 22.1. The Labute approximate surface area is 177 Å². The number of nitrogens with zero attached hydrogens (tertiary/aromatic N) is 3. The van der Waals surface area contributed by atoms with E-state index in [1.54, 1.807) is 43.3 Å². The van der Waals surface area contributed by atoms with E-state index in [9.17, 15) is 14.0 Å². The first-order chi connectivity index (χ1) is 15.0. The van der Waals surface area contributed by atoms with Crippen molar-refractivity contribution in [3.05, 3.63) is 112 Å². The van der Waals surface area contributed by atoms with Crippen molar-refractivity contribution in [1.82, 2.24) is 15.2 Å². The summed E-state index contributed by atoms with van der Waals surface area (Å²) in [5.41, 5.74) is 4.39. The number of carbonyl (C=O) groups excluding carboxylic acids is 1. The molecule has 0 unspecified atom stereocenters. The number of hydrogen-bond acceptors (Lipinski definition) is 4. The highest BCUT2D eigenvalue weighted by Gasteiger charge is 2.16. The first-order valence-corrected chi connectivity index (χ1v) is 9.67. The van der Waals surface area contributed by atoms with Crippen molar-refractivity contribution in [2.45, 2.75) is 13.5 Å². The summed E-state index contributed by atoms with van der Waals surface area (Å²) < 4.78 is 14.4. The molecular weight excluding hydrogens is 395 g/mol. The Hall–Kier alpha value is -4.13. The number of hydrogen-bond donors (Lipinski definition) is 1. The summed E-state index contributed by atoms with van der Waals surface area (Å²) in [7, 11) is 0. The topological polar surface area (TPSA) is 76.3 Å². The second kappa shape index (κ2) is 8.71. The van der Waals surface area contributed by atoms with Crippen molar-refractivity contribution in [3.63, 3.8) is 0 Å². The van der Waals surface area contributed by atoms with Crippen LogP contribution >= 0.6 is 0 Å². The molecule has 0 radical (unpaired) electrons. The number of nitrogens with one attached hydrogen (secondary N) is 1. The van der Waals surface area contributed by atoms with Crippen molar-refractivity contribution in [2.75, 3.05) is 0 Å². The zero-order valence-corrected chi connectivity index (χ0v) is 16.7. The first-order valence-electron chi connectivity index (χ1n) is 9.67. The van der Waals surface area contributed by atoms with Gasteiger partial charge >= 0.3 is 0 Å². The number of halogens is 1. The molecule has 4 aromatic rings. The van der Waals surface area contributed by atoms with Crippen LogP contribution in [0.3, 0.4) is 0 Å². The van der Waals surface area contributed by atoms with Crippen LogP contribution in [-0.4, -0.2) is 21.4 Å². The molecule has 1 heterocycles. The van der Waals surface area contributed by atoms with E-state index in [0.717, 1.165) is 5.56 Å². The highest BCUT2D eigenvalue weighted by atomic mass is 19.1. The van der Waals surface area contributed by atoms with Gasteiger partial charge in [-0.2, -0.15) is 10.2 Å². The largest absolute Gasteiger partial charge is 0.292 e. The molecule has 31 heavy (non-hydrogen) atoms. The Morgan fingerprint density at radius 3 is 2.32 bits per heavy atom. The van der Waals surface area contributed by atoms with Gasteiger partial charge < -0.3 is 0 Å². The lowest BCUT2D eigenvalue weighted by Gasteiger charge is -2.10. The van der Waals surface area contributed by atoms with Gasteiger partial charge in [0.25, 0.3) is 11.5 Å². The van der Waals surface area contributed by atoms with E-state index < -0.39 is 5.91 Å². The maximum Gasteiger partial charge on any atom is 0.292 e. The van der Waals surface area contributed by atoms with E-state index in [1.807, 2.05) is 30.3 Å². The minimum absolute atomic E-state index is 0.0989. The van der Waals surface area contributed by atoms with Crippen LogP contribution in [0.1, 0.15) is 28.5 Å². The van der Waals surface area contributed by atoms with Crippen molar-refractivity contribution in [1.29, 1.82) is 0 Å². The average molecular weight is 414 g/mol. The van der Waals surface area contributed by atoms with Crippen LogP contribution in [0.25, 0.3) is 10.8 Å². The fraction of sp³-hybridized carbons (Fsp3) is 0.0833. The molecule has 7 heteroatoms. The average Bonchev–Trinajstić information content (AvgIpc) is 2.80. The fourth-order valence-electron chi connectivity index (χ4n) is 3.21. The summed E-state index contributed by atoms with van der Waals surface area (Å²) in [5.74, 6) is -0.892. The first kappa shape index (κ1) is 20.2. The Morgan fingerprint density at radius 2 is 1.61 bits per heavy atom. The van der Waals surface area contributed by atoms with Crippen LogP contribution in [0.2, 0.25) is 0 Å². The third kappa shape index (κ3) is 4.40. The number of hydrazone groups is 1. The van der Waals surface area contributed by atoms with E-state index in [2.05, 4.69) is 15.6 Å². The molecule has 0 saturated heterocycles. The number of benzene rings is 3. The maximum absolute atomic E-state index is 13.1. The van der Waals surface area contributed by atoms with Crippen LogP contribution < -0.4 is 11.0 Å². The van der Waals surface area contributed by atoms with Gasteiger partial charge in [0.05, 0.1) is 17.6 Å². The zero-order chi connectivity index (χ0) is 21.8. The molecule has 0 aliphatic rings. The Balaban J connectivity index is 1.69. The SMILES string of the molecule is C/C(=N\NC(=O)c1nn(Cc2ccccc2)c(=O)c2ccccc12)c1ccc(F)cc1. The second-order valence-corrected chi connectivity index (χ2v) is 6.99. The third-order valence-corrected chi connectivity index (χ3v) is 4.85. The molecule has 6 nitrogen and oxygen atoms in total. The molecule has 1 N–H and O–H groups in total.